The van der Waals surface area contributed by atoms with Gasteiger partial charge in [0.25, 0.3) is 33.0 Å². The van der Waals surface area contributed by atoms with Crippen LogP contribution < -0.4 is 54.1 Å². The number of hydrogen-bond acceptors (Lipinski definition) is 30. The molecule has 3 saturated carbocycles. The fraction of sp³-hybridized carbons (Fsp3) is 0.500. The van der Waals surface area contributed by atoms with Crippen molar-refractivity contribution in [2.75, 3.05) is 128 Å². The number of amides is 2. The van der Waals surface area contributed by atoms with Crippen LogP contribution in [0.1, 0.15) is 135 Å². The molecule has 0 unspecified atom stereocenters. The van der Waals surface area contributed by atoms with Crippen molar-refractivity contribution >= 4 is 157 Å². The maximum Gasteiger partial charge on any atom is 0.410 e. The van der Waals surface area contributed by atoms with Crippen LogP contribution in [0.15, 0.2) is 122 Å². The second kappa shape index (κ2) is 53.8. The van der Waals surface area contributed by atoms with Gasteiger partial charge in [0.2, 0.25) is 0 Å². The minimum atomic E-state index is -4.47. The molecule has 3 aromatic heterocycles. The van der Waals surface area contributed by atoms with E-state index < -0.39 is 74.4 Å². The second-order valence-corrected chi connectivity index (χ2v) is 42.4. The number of carbonyl (C=O) groups is 5. The molecule has 736 valence electrons. The molecule has 7 N–H and O–H groups in total. The molecule has 133 heavy (non-hydrogen) atoms. The van der Waals surface area contributed by atoms with Gasteiger partial charge in [-0.15, -0.1) is 34.0 Å². The van der Waals surface area contributed by atoms with E-state index in [4.69, 9.17) is 83.0 Å². The van der Waals surface area contributed by atoms with Crippen molar-refractivity contribution in [3.8, 4) is 23.0 Å². The highest BCUT2D eigenvalue weighted by Gasteiger charge is 2.38. The van der Waals surface area contributed by atoms with Gasteiger partial charge >= 0.3 is 12.2 Å². The van der Waals surface area contributed by atoms with Crippen molar-refractivity contribution in [3.63, 3.8) is 0 Å². The van der Waals surface area contributed by atoms with Crippen molar-refractivity contribution in [2.24, 2.45) is 0 Å². The van der Waals surface area contributed by atoms with Crippen LogP contribution >= 0.6 is 68.8 Å². The second-order valence-electron chi connectivity index (χ2n) is 32.8. The van der Waals surface area contributed by atoms with E-state index in [0.29, 0.717) is 81.6 Å². The number of aromatic nitrogens is 3. The van der Waals surface area contributed by atoms with Gasteiger partial charge in [-0.1, -0.05) is 73.3 Å². The summed E-state index contributed by atoms with van der Waals surface area (Å²) in [6.07, 6.45) is 16.4. The van der Waals surface area contributed by atoms with E-state index in [2.05, 4.69) is 58.4 Å². The Hall–Kier alpha value is -9.31. The molecule has 0 radical (unpaired) electrons. The van der Waals surface area contributed by atoms with Crippen molar-refractivity contribution in [2.45, 2.75) is 200 Å². The van der Waals surface area contributed by atoms with E-state index in [1.807, 2.05) is 41.9 Å². The summed E-state index contributed by atoms with van der Waals surface area (Å²) in [6, 6.07) is 17.8. The fourth-order valence-electron chi connectivity index (χ4n) is 14.6. The number of carbonyl (C=O) groups excluding carboxylic acids is 3. The van der Waals surface area contributed by atoms with Crippen LogP contribution in [0.3, 0.4) is 0 Å². The van der Waals surface area contributed by atoms with Crippen molar-refractivity contribution in [1.29, 1.82) is 0 Å². The molecule has 11 rings (SSSR count). The Labute approximate surface area is 804 Å². The summed E-state index contributed by atoms with van der Waals surface area (Å²) in [5.41, 5.74) is 1.11. The summed E-state index contributed by atoms with van der Waals surface area (Å²) in [6.45, 7) is 13.0. The number of hydrogen-bond donors (Lipinski definition) is 7. The molecule has 6 atom stereocenters. The number of thiazole rings is 3. The molecule has 3 heterocycles. The predicted molar refractivity (Wildman–Crippen MR) is 516 cm³/mol. The van der Waals surface area contributed by atoms with Crippen molar-refractivity contribution in [1.82, 2.24) is 45.2 Å². The Morgan fingerprint density at radius 3 is 1.26 bits per heavy atom. The van der Waals surface area contributed by atoms with Crippen LogP contribution in [0.25, 0.3) is 0 Å². The fourth-order valence-corrected chi connectivity index (χ4v) is 22.4. The minimum Gasteiger partial charge on any atom is -0.497 e. The van der Waals surface area contributed by atoms with E-state index in [0.717, 1.165) is 146 Å². The molecule has 3 aliphatic rings. The summed E-state index contributed by atoms with van der Waals surface area (Å²) in [5, 5.41) is 36.5. The Balaban J connectivity index is 0.000000286. The number of sulfonamides is 2. The Kier molecular flexibility index (Phi) is 45.5. The number of nitrogens with one attached hydrogen (secondary N) is 5. The lowest BCUT2D eigenvalue weighted by Gasteiger charge is -2.39. The molecular formula is C88H122Cl3F3N14O19S6. The molecule has 0 saturated heterocycles. The van der Waals surface area contributed by atoms with Crippen LogP contribution in [0.2, 0.25) is 15.1 Å². The van der Waals surface area contributed by atoms with Crippen LogP contribution in [0, 0.1) is 17.5 Å². The number of rotatable bonds is 34. The molecule has 45 heteroatoms. The molecule has 0 aliphatic heterocycles. The van der Waals surface area contributed by atoms with Crippen molar-refractivity contribution in [3.05, 3.63) is 156 Å². The zero-order valence-corrected chi connectivity index (χ0v) is 84.5. The first-order valence-corrected chi connectivity index (χ1v) is 50.6. The number of halogens is 6. The van der Waals surface area contributed by atoms with E-state index >= 15 is 8.78 Å². The minimum absolute atomic E-state index is 0.0625. The SMILES string of the molecule is CN(CC=O)C(=O)OC(C)(C)C.CNCCN(C)[C@H]1CCCC[C@@H]1Nc1cc(F)c(S(=O)(=O)Cc2nccs2)cc1Cl.CN[C@H]1CCCC[C@@H]1Nc1cc(F)c(S(=O)(=O)N(Cc2ccc(OC)cc2OC)c2nccs2)cc1Cl.COc1ccc(CN(c2nccs2)S(=O)(=O)c2cc(Cl)c(N[C@H]3CCCC[C@@H]3N(C)CCN(C)C(=O)OC(C)(C)C)cc2F)c(OC)c1.O=CO.O=CO. The number of carboxylic acid groups (broad SMARTS) is 2. The van der Waals surface area contributed by atoms with Crippen molar-refractivity contribution < 1.29 is 101 Å². The van der Waals surface area contributed by atoms with Gasteiger partial charge in [0.05, 0.1) is 80.2 Å². The van der Waals surface area contributed by atoms with Gasteiger partial charge in [-0.3, -0.25) is 14.5 Å². The topological polar surface area (TPSA) is 402 Å². The highest BCUT2D eigenvalue weighted by molar-refractivity contribution is 7.93. The third kappa shape index (κ3) is 33.9. The van der Waals surface area contributed by atoms with Gasteiger partial charge in [0, 0.05) is 135 Å². The zero-order valence-electron chi connectivity index (χ0n) is 77.3. The summed E-state index contributed by atoms with van der Waals surface area (Å²) in [5.74, 6) is -1.03. The molecule has 3 fully saturated rings. The Morgan fingerprint density at radius 1 is 0.504 bits per heavy atom. The molecular weight excluding hydrogens is 1910 g/mol. The maximum atomic E-state index is 15.9. The average Bonchev–Trinajstić information content (AvgIpc) is 1.70. The first-order valence-electron chi connectivity index (χ1n) is 42.3. The van der Waals surface area contributed by atoms with Crippen LogP contribution in [0.4, 0.5) is 50.1 Å². The van der Waals surface area contributed by atoms with E-state index in [-0.39, 0.29) is 105 Å². The largest absolute Gasteiger partial charge is 0.497 e. The van der Waals surface area contributed by atoms with E-state index in [9.17, 15) is 44.0 Å². The van der Waals surface area contributed by atoms with Gasteiger partial charge < -0.3 is 84.7 Å². The summed E-state index contributed by atoms with van der Waals surface area (Å²) < 4.78 is 161. The summed E-state index contributed by atoms with van der Waals surface area (Å²) >= 11 is 23.0. The van der Waals surface area contributed by atoms with Gasteiger partial charge in [-0.05, 0) is 169 Å². The normalized spacial score (nSPS) is 16.7. The number of benzene rings is 5. The van der Waals surface area contributed by atoms with E-state index in [1.165, 1.54) is 82.4 Å². The molecule has 8 aromatic rings. The molecule has 3 aliphatic carbocycles. The highest BCUT2D eigenvalue weighted by atomic mass is 35.5. The van der Waals surface area contributed by atoms with Gasteiger partial charge in [-0.2, -0.15) is 0 Å². The standard InChI is InChI=1S/C33H45ClFN5O6S2.C25H30ClFN4O4S2.C20H28ClFN4O2S2.C8H15NO3.2CH2O2/c1-33(2,3)46-32(41)39(5)16-15-38(4)28-11-9-8-10-26(28)37-27-20-25(35)30(19-24(27)34)48(42,43)40(31-36-14-17-47-31)21-22-12-13-23(44-6)18-29(22)45-7;1-28-20-6-4-5-7-21(20)30-22-14-19(27)24(13-18(22)26)37(32,33)31(25-29-10-11-36-25)15-16-8-9-17(34-2)12-23(16)35-3;1-23-7-9-26(2)18-6-4-3-5-16(18)25-17-12-15(22)19(11-14(17)21)30(27,28)13-20-24-8-10-29-20;1-8(2,3)12-7(11)9(4)5-6-10;2*2-1-3/h12-14,17-20,26,28,37H,8-11,15-16,21H2,1-7H3;8-14,20-21,28,30H,4-7,15H2,1-3H3;8,10-12,16,18,23,25H,3-7,9,13H2,1-2H3;6H,5H2,1-4H3;2*1H,(H,2,3)/t26-,28-;20-,21-;16-,18-;;;/m000.../s1. The van der Waals surface area contributed by atoms with Gasteiger partial charge in [-0.25, -0.2) is 71.6 Å². The number of methoxy groups -OCH3 is 4. The smallest absolute Gasteiger partial charge is 0.410 e. The molecule has 0 bridgehead atoms. The lowest BCUT2D eigenvalue weighted by atomic mass is 9.89. The molecule has 5 aromatic carbocycles. The third-order valence-corrected chi connectivity index (χ3v) is 30.1. The number of aldehydes is 1. The molecule has 0 spiro atoms. The molecule has 33 nitrogen and oxygen atoms in total. The first-order chi connectivity index (χ1) is 62.9. The quantitative estimate of drug-likeness (QED) is 0.0184. The monoisotopic (exact) mass is 2030 g/mol. The van der Waals surface area contributed by atoms with E-state index in [1.54, 1.807) is 85.3 Å². The average molecular weight is 2040 g/mol. The maximum absolute atomic E-state index is 15.9. The zero-order chi connectivity index (χ0) is 98.7. The number of nitrogens with zero attached hydrogens (tertiary/aromatic N) is 9. The Morgan fingerprint density at radius 2 is 0.880 bits per heavy atom. The predicted octanol–water partition coefficient (Wildman–Crippen LogP) is 16.4. The number of likely N-dealkylation sites (N-methyl/N-ethyl adjacent to an activating group) is 6. The number of anilines is 5. The first kappa shape index (κ1) is 112. The number of sulfone groups is 1. The lowest BCUT2D eigenvalue weighted by Crippen LogP contribution is -2.49. The summed E-state index contributed by atoms with van der Waals surface area (Å²) in [4.78, 5) is 68.5. The van der Waals surface area contributed by atoms with Crippen LogP contribution in [0.5, 0.6) is 23.0 Å². The van der Waals surface area contributed by atoms with Gasteiger partial charge in [0.1, 0.15) is 83.4 Å². The summed E-state index contributed by atoms with van der Waals surface area (Å²) in [7, 11) is 4.42. The van der Waals surface area contributed by atoms with Crippen LogP contribution in [-0.4, -0.2) is 252 Å². The number of ether oxygens (including phenoxy) is 6. The third-order valence-electron chi connectivity index (χ3n) is 21.2. The Bertz CT molecular complexity index is 5370. The lowest BCUT2D eigenvalue weighted by molar-refractivity contribution is -0.123. The highest BCUT2D eigenvalue weighted by Crippen LogP contribution is 2.41. The van der Waals surface area contributed by atoms with Gasteiger partial charge in [0.15, 0.2) is 20.1 Å². The van der Waals surface area contributed by atoms with Crippen LogP contribution in [-0.2, 0) is 72.6 Å². The molecule has 2 amide bonds.